The molecule has 1 aromatic rings. The van der Waals surface area contributed by atoms with Crippen molar-refractivity contribution in [3.05, 3.63) is 17.5 Å². The molecule has 0 aliphatic heterocycles. The van der Waals surface area contributed by atoms with Gasteiger partial charge < -0.3 is 5.11 Å². The molecule has 6 heteroatoms. The predicted octanol–water partition coefficient (Wildman–Crippen LogP) is 1.48. The van der Waals surface area contributed by atoms with Crippen LogP contribution >= 0.6 is 0 Å². The van der Waals surface area contributed by atoms with Gasteiger partial charge in [0.1, 0.15) is 5.69 Å². The summed E-state index contributed by atoms with van der Waals surface area (Å²) in [5, 5.41) is 14.2. The molecular weight excluding hydrogens is 173 g/mol. The molecule has 0 spiro atoms. The Hall–Kier alpha value is -1.04. The highest BCUT2D eigenvalue weighted by molar-refractivity contribution is 5.21. The molecule has 1 heterocycles. The lowest BCUT2D eigenvalue weighted by Gasteiger charge is -2.07. The Bertz CT molecular complexity index is 266. The third-order valence-corrected chi connectivity index (χ3v) is 1.37. The van der Waals surface area contributed by atoms with Gasteiger partial charge in [-0.3, -0.25) is 5.10 Å². The molecule has 0 aromatic carbocycles. The van der Waals surface area contributed by atoms with Gasteiger partial charge in [0, 0.05) is 6.20 Å². The first-order chi connectivity index (χ1) is 5.43. The van der Waals surface area contributed by atoms with Crippen LogP contribution < -0.4 is 0 Å². The second kappa shape index (κ2) is 2.78. The first-order valence-corrected chi connectivity index (χ1v) is 3.22. The highest BCUT2D eigenvalue weighted by Gasteiger charge is 2.36. The topological polar surface area (TPSA) is 48.9 Å². The minimum Gasteiger partial charge on any atom is -0.387 e. The van der Waals surface area contributed by atoms with Crippen molar-refractivity contribution in [3.63, 3.8) is 0 Å². The SMILES string of the molecule is CC(O)c1n[nH]cc1C(F)(F)F. The van der Waals surface area contributed by atoms with Gasteiger partial charge in [0.25, 0.3) is 0 Å². The van der Waals surface area contributed by atoms with Crippen molar-refractivity contribution < 1.29 is 18.3 Å². The summed E-state index contributed by atoms with van der Waals surface area (Å²) in [7, 11) is 0. The van der Waals surface area contributed by atoms with Crippen LogP contribution in [0.5, 0.6) is 0 Å². The van der Waals surface area contributed by atoms with Crippen LogP contribution in [0.15, 0.2) is 6.20 Å². The van der Waals surface area contributed by atoms with Crippen LogP contribution in [0.1, 0.15) is 24.3 Å². The summed E-state index contributed by atoms with van der Waals surface area (Å²) >= 11 is 0. The van der Waals surface area contributed by atoms with Crippen LogP contribution in [0.4, 0.5) is 13.2 Å². The number of alkyl halides is 3. The van der Waals surface area contributed by atoms with Crippen LogP contribution in [0.2, 0.25) is 0 Å². The fourth-order valence-electron chi connectivity index (χ4n) is 0.846. The zero-order valence-corrected chi connectivity index (χ0v) is 6.18. The van der Waals surface area contributed by atoms with Crippen molar-refractivity contribution in [2.45, 2.75) is 19.2 Å². The van der Waals surface area contributed by atoms with Gasteiger partial charge in [0.15, 0.2) is 0 Å². The summed E-state index contributed by atoms with van der Waals surface area (Å²) in [5.74, 6) is 0. The molecule has 1 unspecified atom stereocenters. The Kier molecular flexibility index (Phi) is 2.10. The van der Waals surface area contributed by atoms with Gasteiger partial charge in [-0.1, -0.05) is 0 Å². The first-order valence-electron chi connectivity index (χ1n) is 3.22. The molecule has 0 saturated carbocycles. The number of hydrogen-bond donors (Lipinski definition) is 2. The van der Waals surface area contributed by atoms with Crippen LogP contribution in [0.25, 0.3) is 0 Å². The van der Waals surface area contributed by atoms with Crippen molar-refractivity contribution in [3.8, 4) is 0 Å². The Balaban J connectivity index is 3.08. The summed E-state index contributed by atoms with van der Waals surface area (Å²) in [5.41, 5.74) is -1.29. The quantitative estimate of drug-likeness (QED) is 0.687. The van der Waals surface area contributed by atoms with Crippen molar-refractivity contribution >= 4 is 0 Å². The summed E-state index contributed by atoms with van der Waals surface area (Å²) in [6.45, 7) is 1.23. The van der Waals surface area contributed by atoms with E-state index < -0.39 is 17.8 Å². The van der Waals surface area contributed by atoms with Gasteiger partial charge in [-0.15, -0.1) is 0 Å². The van der Waals surface area contributed by atoms with Gasteiger partial charge in [-0.2, -0.15) is 18.3 Å². The number of hydrogen-bond acceptors (Lipinski definition) is 2. The maximum Gasteiger partial charge on any atom is 0.419 e. The number of H-pyrrole nitrogens is 1. The van der Waals surface area contributed by atoms with E-state index in [1.165, 1.54) is 6.92 Å². The normalized spacial score (nSPS) is 14.8. The van der Waals surface area contributed by atoms with Crippen molar-refractivity contribution in [2.75, 3.05) is 0 Å². The highest BCUT2D eigenvalue weighted by atomic mass is 19.4. The maximum absolute atomic E-state index is 12.1. The third-order valence-electron chi connectivity index (χ3n) is 1.37. The van der Waals surface area contributed by atoms with E-state index in [0.717, 1.165) is 6.20 Å². The van der Waals surface area contributed by atoms with E-state index in [4.69, 9.17) is 5.11 Å². The van der Waals surface area contributed by atoms with Gasteiger partial charge in [0.2, 0.25) is 0 Å². The van der Waals surface area contributed by atoms with E-state index in [1.54, 1.807) is 0 Å². The summed E-state index contributed by atoms with van der Waals surface area (Å²) in [6, 6.07) is 0. The number of aliphatic hydroxyl groups excluding tert-OH is 1. The van der Waals surface area contributed by atoms with Crippen molar-refractivity contribution in [1.29, 1.82) is 0 Å². The molecule has 1 rings (SSSR count). The lowest BCUT2D eigenvalue weighted by molar-refractivity contribution is -0.139. The Morgan fingerprint density at radius 1 is 1.58 bits per heavy atom. The lowest BCUT2D eigenvalue weighted by atomic mass is 10.2. The van der Waals surface area contributed by atoms with Gasteiger partial charge in [-0.25, -0.2) is 0 Å². The van der Waals surface area contributed by atoms with Crippen LogP contribution in [0, 0.1) is 0 Å². The number of nitrogens with one attached hydrogen (secondary N) is 1. The second-order valence-corrected chi connectivity index (χ2v) is 2.36. The maximum atomic E-state index is 12.1. The fourth-order valence-corrected chi connectivity index (χ4v) is 0.846. The number of aromatic nitrogens is 2. The minimum atomic E-state index is -4.46. The molecule has 12 heavy (non-hydrogen) atoms. The minimum absolute atomic E-state index is 0.373. The Morgan fingerprint density at radius 3 is 2.50 bits per heavy atom. The molecule has 0 radical (unpaired) electrons. The smallest absolute Gasteiger partial charge is 0.387 e. The molecule has 0 fully saturated rings. The number of rotatable bonds is 1. The van der Waals surface area contributed by atoms with E-state index in [9.17, 15) is 13.2 Å². The Morgan fingerprint density at radius 2 is 2.17 bits per heavy atom. The van der Waals surface area contributed by atoms with E-state index in [0.29, 0.717) is 0 Å². The fraction of sp³-hybridized carbons (Fsp3) is 0.500. The number of aliphatic hydroxyl groups is 1. The molecule has 0 amide bonds. The second-order valence-electron chi connectivity index (χ2n) is 2.36. The monoisotopic (exact) mass is 180 g/mol. The summed E-state index contributed by atoms with van der Waals surface area (Å²) in [4.78, 5) is 0. The number of aromatic amines is 1. The molecule has 1 aromatic heterocycles. The van der Waals surface area contributed by atoms with Gasteiger partial charge in [-0.05, 0) is 6.92 Å². The molecule has 0 aliphatic rings. The predicted molar refractivity (Wildman–Crippen MR) is 34.2 cm³/mol. The molecule has 0 saturated heterocycles. The average molecular weight is 180 g/mol. The van der Waals surface area contributed by atoms with Crippen LogP contribution in [0.3, 0.4) is 0 Å². The van der Waals surface area contributed by atoms with Gasteiger partial charge >= 0.3 is 6.18 Å². The largest absolute Gasteiger partial charge is 0.419 e. The Labute approximate surface area is 66.2 Å². The number of nitrogens with zero attached hydrogens (tertiary/aromatic N) is 1. The molecule has 3 nitrogen and oxygen atoms in total. The molecule has 0 aliphatic carbocycles. The van der Waals surface area contributed by atoms with Crippen LogP contribution in [-0.2, 0) is 6.18 Å². The van der Waals surface area contributed by atoms with Crippen LogP contribution in [-0.4, -0.2) is 15.3 Å². The van der Waals surface area contributed by atoms with Crippen molar-refractivity contribution in [2.24, 2.45) is 0 Å². The molecule has 0 bridgehead atoms. The molecule has 68 valence electrons. The van der Waals surface area contributed by atoms with E-state index in [-0.39, 0.29) is 5.69 Å². The first kappa shape index (κ1) is 9.05. The summed E-state index contributed by atoms with van der Waals surface area (Å²) in [6.07, 6.45) is -4.95. The zero-order valence-electron chi connectivity index (χ0n) is 6.18. The van der Waals surface area contributed by atoms with E-state index in [1.807, 2.05) is 0 Å². The molecular formula is C6H7F3N2O. The molecule has 2 N–H and O–H groups in total. The number of halogens is 3. The standard InChI is InChI=1S/C6H7F3N2O/c1-3(12)5-4(2-10-11-5)6(7,8)9/h2-3,12H,1H3,(H,10,11). The zero-order chi connectivity index (χ0) is 9.35. The molecule has 1 atom stereocenters. The van der Waals surface area contributed by atoms with Gasteiger partial charge in [0.05, 0.1) is 11.7 Å². The van der Waals surface area contributed by atoms with E-state index >= 15 is 0 Å². The average Bonchev–Trinajstić information content (AvgIpc) is 2.30. The summed E-state index contributed by atoms with van der Waals surface area (Å²) < 4.78 is 36.2. The van der Waals surface area contributed by atoms with Crippen molar-refractivity contribution in [1.82, 2.24) is 10.2 Å². The highest BCUT2D eigenvalue weighted by Crippen LogP contribution is 2.32. The lowest BCUT2D eigenvalue weighted by Crippen LogP contribution is -2.08. The third kappa shape index (κ3) is 1.58. The van der Waals surface area contributed by atoms with E-state index in [2.05, 4.69) is 10.2 Å².